The summed E-state index contributed by atoms with van der Waals surface area (Å²) in [7, 11) is 0. The Kier molecular flexibility index (Phi) is 6.05. The quantitative estimate of drug-likeness (QED) is 0.582. The highest BCUT2D eigenvalue weighted by atomic mass is 19.1. The number of benzene rings is 2. The number of halogens is 1. The number of fused-ring (bicyclic) bond motifs is 1. The Bertz CT molecular complexity index is 1100. The standard InChI is InChI=1S/C26H28FN5O/c1-17(33)28-22-8-6-18(7-9-22)25-10-11-26(31-30-25)29-23-12-20-15-32(16-21(20)13-23)14-19-4-2-3-5-24(19)27/h2-11,20-21,23H,12-16H2,1H3,(H,28,33)(H,29,31)/t20-,21?,23?/m1/s1. The van der Waals surface area contributed by atoms with E-state index in [1.54, 1.807) is 12.1 Å². The second kappa shape index (κ2) is 9.27. The molecule has 0 bridgehead atoms. The maximum atomic E-state index is 14.0. The summed E-state index contributed by atoms with van der Waals surface area (Å²) in [5.41, 5.74) is 3.29. The highest BCUT2D eigenvalue weighted by molar-refractivity contribution is 5.88. The molecule has 170 valence electrons. The van der Waals surface area contributed by atoms with Crippen molar-refractivity contribution in [2.45, 2.75) is 32.4 Å². The third-order valence-corrected chi connectivity index (χ3v) is 6.70. The smallest absolute Gasteiger partial charge is 0.221 e. The molecule has 5 rings (SSSR count). The molecule has 3 atom stereocenters. The summed E-state index contributed by atoms with van der Waals surface area (Å²) in [6.45, 7) is 4.23. The number of hydrogen-bond donors (Lipinski definition) is 2. The van der Waals surface area contributed by atoms with Crippen LogP contribution in [0, 0.1) is 17.7 Å². The van der Waals surface area contributed by atoms with Crippen LogP contribution in [0.3, 0.4) is 0 Å². The fraction of sp³-hybridized carbons (Fsp3) is 0.346. The van der Waals surface area contributed by atoms with E-state index < -0.39 is 0 Å². The Labute approximate surface area is 193 Å². The Morgan fingerprint density at radius 2 is 1.73 bits per heavy atom. The SMILES string of the molecule is CC(=O)Nc1ccc(-c2ccc(NC3CC4CN(Cc5ccccc5F)C[C@H]4C3)nn2)cc1. The second-order valence-electron chi connectivity index (χ2n) is 9.18. The first-order valence-electron chi connectivity index (χ1n) is 11.5. The summed E-state index contributed by atoms with van der Waals surface area (Å²) in [4.78, 5) is 13.5. The van der Waals surface area contributed by atoms with Crippen molar-refractivity contribution in [3.05, 3.63) is 72.0 Å². The number of aromatic nitrogens is 2. The maximum Gasteiger partial charge on any atom is 0.221 e. The van der Waals surface area contributed by atoms with Gasteiger partial charge in [-0.25, -0.2) is 4.39 Å². The van der Waals surface area contributed by atoms with Gasteiger partial charge in [-0.1, -0.05) is 30.3 Å². The highest BCUT2D eigenvalue weighted by Gasteiger charge is 2.40. The predicted molar refractivity (Wildman–Crippen MR) is 127 cm³/mol. The molecule has 33 heavy (non-hydrogen) atoms. The fourth-order valence-electron chi connectivity index (χ4n) is 5.21. The molecule has 7 heteroatoms. The number of nitrogens with one attached hydrogen (secondary N) is 2. The van der Waals surface area contributed by atoms with Crippen molar-refractivity contribution in [3.8, 4) is 11.3 Å². The van der Waals surface area contributed by atoms with Crippen LogP contribution in [0.4, 0.5) is 15.9 Å². The van der Waals surface area contributed by atoms with Crippen LogP contribution < -0.4 is 10.6 Å². The molecule has 2 fully saturated rings. The van der Waals surface area contributed by atoms with Crippen LogP contribution in [0.2, 0.25) is 0 Å². The number of carbonyl (C=O) groups excluding carboxylic acids is 1. The van der Waals surface area contributed by atoms with Crippen molar-refractivity contribution in [2.24, 2.45) is 11.8 Å². The van der Waals surface area contributed by atoms with Gasteiger partial charge in [-0.3, -0.25) is 9.69 Å². The van der Waals surface area contributed by atoms with E-state index in [1.165, 1.54) is 6.92 Å². The summed E-state index contributed by atoms with van der Waals surface area (Å²) in [6.07, 6.45) is 2.21. The van der Waals surface area contributed by atoms with E-state index in [0.717, 1.165) is 54.3 Å². The third kappa shape index (κ3) is 5.03. The monoisotopic (exact) mass is 445 g/mol. The molecule has 1 saturated carbocycles. The molecule has 1 aliphatic carbocycles. The van der Waals surface area contributed by atoms with Crippen LogP contribution in [0.1, 0.15) is 25.3 Å². The molecule has 2 unspecified atom stereocenters. The first-order chi connectivity index (χ1) is 16.0. The Balaban J connectivity index is 1.14. The van der Waals surface area contributed by atoms with E-state index >= 15 is 0 Å². The van der Waals surface area contributed by atoms with Crippen molar-refractivity contribution < 1.29 is 9.18 Å². The van der Waals surface area contributed by atoms with Crippen molar-refractivity contribution in [1.29, 1.82) is 0 Å². The Morgan fingerprint density at radius 3 is 2.36 bits per heavy atom. The van der Waals surface area contributed by atoms with E-state index in [4.69, 9.17) is 0 Å². The number of rotatable bonds is 6. The zero-order chi connectivity index (χ0) is 22.8. The van der Waals surface area contributed by atoms with E-state index in [9.17, 15) is 9.18 Å². The van der Waals surface area contributed by atoms with Crippen molar-refractivity contribution in [1.82, 2.24) is 15.1 Å². The van der Waals surface area contributed by atoms with Crippen molar-refractivity contribution in [2.75, 3.05) is 23.7 Å². The Morgan fingerprint density at radius 1 is 1.00 bits per heavy atom. The number of anilines is 2. The van der Waals surface area contributed by atoms with Crippen molar-refractivity contribution >= 4 is 17.4 Å². The summed E-state index contributed by atoms with van der Waals surface area (Å²) >= 11 is 0. The molecular formula is C26H28FN5O. The van der Waals surface area contributed by atoms with Gasteiger partial charge in [0.2, 0.25) is 5.91 Å². The summed E-state index contributed by atoms with van der Waals surface area (Å²) < 4.78 is 14.0. The maximum absolute atomic E-state index is 14.0. The molecule has 0 radical (unpaired) electrons. The van der Waals surface area contributed by atoms with Crippen LogP contribution in [0.5, 0.6) is 0 Å². The first kappa shape index (κ1) is 21.5. The van der Waals surface area contributed by atoms with Crippen molar-refractivity contribution in [3.63, 3.8) is 0 Å². The van der Waals surface area contributed by atoms with Gasteiger partial charge in [0.25, 0.3) is 0 Å². The van der Waals surface area contributed by atoms with Crippen LogP contribution in [0.25, 0.3) is 11.3 Å². The number of carbonyl (C=O) groups is 1. The van der Waals surface area contributed by atoms with Crippen LogP contribution in [-0.2, 0) is 11.3 Å². The molecule has 2 N–H and O–H groups in total. The van der Waals surface area contributed by atoms with Gasteiger partial charge in [0.05, 0.1) is 5.69 Å². The molecule has 1 amide bonds. The molecule has 1 saturated heterocycles. The van der Waals surface area contributed by atoms with E-state index in [1.807, 2.05) is 48.5 Å². The molecule has 0 spiro atoms. The van der Waals surface area contributed by atoms with E-state index in [0.29, 0.717) is 24.4 Å². The third-order valence-electron chi connectivity index (χ3n) is 6.70. The predicted octanol–water partition coefficient (Wildman–Crippen LogP) is 4.56. The molecule has 6 nitrogen and oxygen atoms in total. The van der Waals surface area contributed by atoms with Gasteiger partial charge in [-0.15, -0.1) is 10.2 Å². The fourth-order valence-corrected chi connectivity index (χ4v) is 5.21. The zero-order valence-electron chi connectivity index (χ0n) is 18.7. The zero-order valence-corrected chi connectivity index (χ0v) is 18.7. The van der Waals surface area contributed by atoms with Gasteiger partial charge >= 0.3 is 0 Å². The lowest BCUT2D eigenvalue weighted by Crippen LogP contribution is -2.25. The molecule has 2 aliphatic rings. The average Bonchev–Trinajstić information content (AvgIpc) is 3.34. The number of hydrogen-bond acceptors (Lipinski definition) is 5. The van der Waals surface area contributed by atoms with E-state index in [2.05, 4.69) is 25.7 Å². The minimum atomic E-state index is -0.111. The minimum absolute atomic E-state index is 0.0909. The van der Waals surface area contributed by atoms with Crippen LogP contribution in [0.15, 0.2) is 60.7 Å². The lowest BCUT2D eigenvalue weighted by atomic mass is 10.0. The van der Waals surface area contributed by atoms with Crippen LogP contribution in [-0.4, -0.2) is 40.1 Å². The summed E-state index contributed by atoms with van der Waals surface area (Å²) in [6, 6.07) is 19.0. The summed E-state index contributed by atoms with van der Waals surface area (Å²) in [5, 5.41) is 15.1. The molecule has 2 heterocycles. The second-order valence-corrected chi connectivity index (χ2v) is 9.18. The van der Waals surface area contributed by atoms with E-state index in [-0.39, 0.29) is 11.7 Å². The Hall–Kier alpha value is -3.32. The van der Waals surface area contributed by atoms with Gasteiger partial charge in [-0.2, -0.15) is 0 Å². The van der Waals surface area contributed by atoms with Crippen LogP contribution >= 0.6 is 0 Å². The number of amides is 1. The molecule has 1 aromatic heterocycles. The topological polar surface area (TPSA) is 70.2 Å². The number of likely N-dealkylation sites (tertiary alicyclic amines) is 1. The van der Waals surface area contributed by atoms with Gasteiger partial charge < -0.3 is 10.6 Å². The normalized spacial score (nSPS) is 22.2. The molecule has 1 aliphatic heterocycles. The average molecular weight is 446 g/mol. The summed E-state index contributed by atoms with van der Waals surface area (Å²) in [5.74, 6) is 1.88. The van der Waals surface area contributed by atoms with Gasteiger partial charge in [0.1, 0.15) is 11.6 Å². The minimum Gasteiger partial charge on any atom is -0.366 e. The molecule has 3 aromatic rings. The lowest BCUT2D eigenvalue weighted by Gasteiger charge is -2.20. The molecular weight excluding hydrogens is 417 g/mol. The molecule has 2 aromatic carbocycles. The largest absolute Gasteiger partial charge is 0.366 e. The number of nitrogens with zero attached hydrogens (tertiary/aromatic N) is 3. The first-order valence-corrected chi connectivity index (χ1v) is 11.5. The van der Waals surface area contributed by atoms with Gasteiger partial charge in [-0.05, 0) is 55.0 Å². The lowest BCUT2D eigenvalue weighted by molar-refractivity contribution is -0.114. The highest BCUT2D eigenvalue weighted by Crippen LogP contribution is 2.39. The van der Waals surface area contributed by atoms with Gasteiger partial charge in [0, 0.05) is 49.4 Å². The van der Waals surface area contributed by atoms with Gasteiger partial charge in [0.15, 0.2) is 0 Å².